The van der Waals surface area contributed by atoms with Gasteiger partial charge >= 0.3 is 0 Å². The summed E-state index contributed by atoms with van der Waals surface area (Å²) in [6.07, 6.45) is 2.23. The SMILES string of the molecule is Cn1cc(C=O)cc2c(=O)nc(N)nc1-2. The highest BCUT2D eigenvalue weighted by molar-refractivity contribution is 5.77. The molecule has 0 saturated heterocycles. The average molecular weight is 204 g/mol. The van der Waals surface area contributed by atoms with Crippen molar-refractivity contribution in [2.24, 2.45) is 7.05 Å². The smallest absolute Gasteiger partial charge is 0.284 e. The van der Waals surface area contributed by atoms with Gasteiger partial charge in [0, 0.05) is 18.8 Å². The fourth-order valence-corrected chi connectivity index (χ4v) is 1.40. The Kier molecular flexibility index (Phi) is 1.96. The van der Waals surface area contributed by atoms with E-state index in [1.165, 1.54) is 6.07 Å². The van der Waals surface area contributed by atoms with Gasteiger partial charge in [0.15, 0.2) is 6.29 Å². The lowest BCUT2D eigenvalue weighted by atomic mass is 10.2. The van der Waals surface area contributed by atoms with Gasteiger partial charge in [0.1, 0.15) is 5.82 Å². The molecule has 6 heteroatoms. The Morgan fingerprint density at radius 3 is 2.87 bits per heavy atom. The highest BCUT2D eigenvalue weighted by Gasteiger charge is 2.13. The minimum Gasteiger partial charge on any atom is -0.368 e. The second-order valence-electron chi connectivity index (χ2n) is 3.13. The Hall–Kier alpha value is -2.24. The molecule has 0 spiro atoms. The van der Waals surface area contributed by atoms with Crippen molar-refractivity contribution in [2.45, 2.75) is 0 Å². The molecule has 0 radical (unpaired) electrons. The van der Waals surface area contributed by atoms with Gasteiger partial charge in [-0.25, -0.2) is 0 Å². The summed E-state index contributed by atoms with van der Waals surface area (Å²) in [5, 5.41) is 0. The first-order valence-electron chi connectivity index (χ1n) is 4.21. The van der Waals surface area contributed by atoms with Gasteiger partial charge in [-0.1, -0.05) is 0 Å². The first kappa shape index (κ1) is 9.32. The molecule has 0 saturated carbocycles. The summed E-state index contributed by atoms with van der Waals surface area (Å²) in [6.45, 7) is 0. The molecule has 76 valence electrons. The van der Waals surface area contributed by atoms with Crippen LogP contribution in [-0.2, 0) is 7.05 Å². The van der Waals surface area contributed by atoms with Crippen LogP contribution < -0.4 is 11.3 Å². The van der Waals surface area contributed by atoms with Crippen LogP contribution in [0.15, 0.2) is 17.1 Å². The standard InChI is InChI=1S/C9H8N4O2/c1-13-3-5(4-14)2-6-7(13)11-9(10)12-8(6)15/h2-4H,1H3,(H2,10,12,15). The number of fused-ring (bicyclic) bond motifs is 1. The number of aromatic nitrogens is 3. The van der Waals surface area contributed by atoms with E-state index in [2.05, 4.69) is 9.97 Å². The van der Waals surface area contributed by atoms with E-state index in [-0.39, 0.29) is 11.5 Å². The van der Waals surface area contributed by atoms with Gasteiger partial charge in [0.2, 0.25) is 5.95 Å². The molecule has 0 aromatic rings. The third-order valence-electron chi connectivity index (χ3n) is 2.03. The Bertz CT molecular complexity index is 561. The largest absolute Gasteiger partial charge is 0.368 e. The monoisotopic (exact) mass is 204 g/mol. The van der Waals surface area contributed by atoms with Crippen molar-refractivity contribution >= 4 is 12.2 Å². The molecule has 6 nitrogen and oxygen atoms in total. The van der Waals surface area contributed by atoms with E-state index < -0.39 is 5.56 Å². The van der Waals surface area contributed by atoms with Gasteiger partial charge in [-0.05, 0) is 6.07 Å². The summed E-state index contributed by atoms with van der Waals surface area (Å²) in [6, 6.07) is 1.45. The van der Waals surface area contributed by atoms with Crippen LogP contribution in [0.25, 0.3) is 11.4 Å². The summed E-state index contributed by atoms with van der Waals surface area (Å²) in [7, 11) is 1.68. The number of hydrogen-bond acceptors (Lipinski definition) is 5. The van der Waals surface area contributed by atoms with Crippen LogP contribution in [0.4, 0.5) is 5.95 Å². The van der Waals surface area contributed by atoms with E-state index in [0.29, 0.717) is 17.7 Å². The van der Waals surface area contributed by atoms with E-state index in [0.717, 1.165) is 0 Å². The van der Waals surface area contributed by atoms with Crippen molar-refractivity contribution in [2.75, 3.05) is 5.73 Å². The summed E-state index contributed by atoms with van der Waals surface area (Å²) in [5.41, 5.74) is 5.57. The predicted molar refractivity (Wildman–Crippen MR) is 53.7 cm³/mol. The van der Waals surface area contributed by atoms with Crippen molar-refractivity contribution in [3.63, 3.8) is 0 Å². The average Bonchev–Trinajstić information content (AvgIpc) is 2.19. The molecule has 2 aliphatic heterocycles. The van der Waals surface area contributed by atoms with Gasteiger partial charge in [-0.2, -0.15) is 9.97 Å². The van der Waals surface area contributed by atoms with E-state index in [1.807, 2.05) is 0 Å². The summed E-state index contributed by atoms with van der Waals surface area (Å²) in [4.78, 5) is 29.5. The van der Waals surface area contributed by atoms with E-state index in [4.69, 9.17) is 5.73 Å². The van der Waals surface area contributed by atoms with Crippen LogP contribution in [0.5, 0.6) is 0 Å². The minimum absolute atomic E-state index is 0.0676. The molecule has 0 bridgehead atoms. The quantitative estimate of drug-likeness (QED) is 0.642. The topological polar surface area (TPSA) is 90.9 Å². The summed E-state index contributed by atoms with van der Waals surface area (Å²) in [5.74, 6) is 0.347. The predicted octanol–water partition coefficient (Wildman–Crippen LogP) is -0.325. The molecular weight excluding hydrogens is 196 g/mol. The van der Waals surface area contributed by atoms with Crippen LogP contribution in [-0.4, -0.2) is 20.8 Å². The molecule has 15 heavy (non-hydrogen) atoms. The van der Waals surface area contributed by atoms with Crippen LogP contribution in [0, 0.1) is 0 Å². The number of aryl methyl sites for hydroxylation is 1. The van der Waals surface area contributed by atoms with Crippen molar-refractivity contribution in [1.29, 1.82) is 0 Å². The van der Waals surface area contributed by atoms with Gasteiger partial charge in [0.05, 0.1) is 5.56 Å². The van der Waals surface area contributed by atoms with Crippen molar-refractivity contribution in [1.82, 2.24) is 14.5 Å². The lowest BCUT2D eigenvalue weighted by Crippen LogP contribution is -2.18. The highest BCUT2D eigenvalue weighted by atomic mass is 16.1. The molecule has 0 aromatic carbocycles. The number of anilines is 1. The number of nitrogen functional groups attached to an aromatic ring is 1. The number of hydrogen-bond donors (Lipinski definition) is 1. The maximum atomic E-state index is 11.5. The third kappa shape index (κ3) is 1.45. The van der Waals surface area contributed by atoms with Crippen LogP contribution >= 0.6 is 0 Å². The molecule has 2 rings (SSSR count). The van der Waals surface area contributed by atoms with Crippen LogP contribution in [0.3, 0.4) is 0 Å². The normalized spacial score (nSPS) is 10.5. The lowest BCUT2D eigenvalue weighted by molar-refractivity contribution is 0.112. The van der Waals surface area contributed by atoms with Crippen molar-refractivity contribution < 1.29 is 4.79 Å². The Morgan fingerprint density at radius 1 is 1.47 bits per heavy atom. The second-order valence-corrected chi connectivity index (χ2v) is 3.13. The molecule has 0 aliphatic carbocycles. The molecule has 0 unspecified atom stereocenters. The van der Waals surface area contributed by atoms with Crippen molar-refractivity contribution in [3.05, 3.63) is 28.2 Å². The first-order valence-corrected chi connectivity index (χ1v) is 4.21. The van der Waals surface area contributed by atoms with Crippen LogP contribution in [0.1, 0.15) is 10.4 Å². The maximum Gasteiger partial charge on any atom is 0.284 e. The zero-order valence-electron chi connectivity index (χ0n) is 7.97. The summed E-state index contributed by atoms with van der Waals surface area (Å²) < 4.78 is 1.57. The molecule has 2 N–H and O–H groups in total. The van der Waals surface area contributed by atoms with E-state index in [9.17, 15) is 9.59 Å². The van der Waals surface area contributed by atoms with Gasteiger partial charge in [-0.3, -0.25) is 9.59 Å². The highest BCUT2D eigenvalue weighted by Crippen LogP contribution is 2.15. The third-order valence-corrected chi connectivity index (χ3v) is 2.03. The van der Waals surface area contributed by atoms with Gasteiger partial charge in [-0.15, -0.1) is 0 Å². The molecular formula is C9H8N4O2. The number of nitrogens with two attached hydrogens (primary N) is 1. The molecule has 2 heterocycles. The Labute approximate surface area is 84.7 Å². The molecule has 0 amide bonds. The second kappa shape index (κ2) is 3.16. The summed E-state index contributed by atoms with van der Waals surface area (Å²) >= 11 is 0. The number of pyridine rings is 1. The fraction of sp³-hybridized carbons (Fsp3) is 0.111. The lowest BCUT2D eigenvalue weighted by Gasteiger charge is -2.09. The Morgan fingerprint density at radius 2 is 2.20 bits per heavy atom. The number of carbonyl (C=O) groups is 1. The van der Waals surface area contributed by atoms with Crippen molar-refractivity contribution in [3.8, 4) is 11.4 Å². The molecule has 0 atom stereocenters. The number of rotatable bonds is 1. The fourth-order valence-electron chi connectivity index (χ4n) is 1.40. The zero-order valence-corrected chi connectivity index (χ0v) is 7.97. The minimum atomic E-state index is -0.475. The number of carbonyl (C=O) groups excluding carboxylic acids is 1. The van der Waals surface area contributed by atoms with Gasteiger partial charge in [0.25, 0.3) is 5.56 Å². The first-order chi connectivity index (χ1) is 7.11. The molecule has 0 aromatic heterocycles. The van der Waals surface area contributed by atoms with E-state index >= 15 is 0 Å². The zero-order chi connectivity index (χ0) is 11.0. The molecule has 2 aliphatic rings. The molecule has 0 fully saturated rings. The number of aldehydes is 1. The van der Waals surface area contributed by atoms with Gasteiger partial charge < -0.3 is 10.3 Å². The Balaban J connectivity index is 2.90. The number of nitrogens with zero attached hydrogens (tertiary/aromatic N) is 3. The maximum absolute atomic E-state index is 11.5. The van der Waals surface area contributed by atoms with Crippen LogP contribution in [0.2, 0.25) is 0 Å². The van der Waals surface area contributed by atoms with E-state index in [1.54, 1.807) is 17.8 Å².